The van der Waals surface area contributed by atoms with E-state index in [0.29, 0.717) is 12.2 Å². The predicted octanol–water partition coefficient (Wildman–Crippen LogP) is 4.51. The molecule has 0 radical (unpaired) electrons. The van der Waals surface area contributed by atoms with E-state index in [0.717, 1.165) is 24.3 Å². The van der Waals surface area contributed by atoms with E-state index < -0.39 is 0 Å². The summed E-state index contributed by atoms with van der Waals surface area (Å²) in [6.45, 7) is 1.37. The zero-order chi connectivity index (χ0) is 16.5. The molecule has 0 aliphatic heterocycles. The van der Waals surface area contributed by atoms with Crippen LogP contribution in [-0.2, 0) is 10.5 Å². The van der Waals surface area contributed by atoms with Crippen LogP contribution in [0.15, 0.2) is 59.5 Å². The second kappa shape index (κ2) is 11.1. The topological polar surface area (TPSA) is 29.5 Å². The average Bonchev–Trinajstić information content (AvgIpc) is 2.58. The summed E-state index contributed by atoms with van der Waals surface area (Å²) in [5.41, 5.74) is 1.68. The van der Waals surface area contributed by atoms with Gasteiger partial charge in [0.15, 0.2) is 0 Å². The molecule has 0 heterocycles. The van der Waals surface area contributed by atoms with Gasteiger partial charge in [-0.25, -0.2) is 4.79 Å². The van der Waals surface area contributed by atoms with Crippen molar-refractivity contribution in [1.29, 1.82) is 0 Å². The largest absolute Gasteiger partial charge is 0.462 e. The summed E-state index contributed by atoms with van der Waals surface area (Å²) in [5.74, 6) is 0.528. The van der Waals surface area contributed by atoms with Gasteiger partial charge in [-0.1, -0.05) is 36.4 Å². The normalized spacial score (nSPS) is 10.3. The summed E-state index contributed by atoms with van der Waals surface area (Å²) in [4.78, 5) is 15.6. The third-order valence-corrected chi connectivity index (χ3v) is 4.42. The van der Waals surface area contributed by atoms with Crippen LogP contribution in [0, 0.1) is 0 Å². The van der Waals surface area contributed by atoms with E-state index in [4.69, 9.17) is 4.74 Å². The Kier molecular flexibility index (Phi) is 9.53. The lowest BCUT2D eigenvalue weighted by atomic mass is 10.1. The highest BCUT2D eigenvalue weighted by molar-refractivity contribution is 7.98. The number of benzene rings is 2. The molecule has 0 fully saturated rings. The quantitative estimate of drug-likeness (QED) is 0.391. The molecule has 0 atom stereocenters. The zero-order valence-electron chi connectivity index (χ0n) is 14.1. The van der Waals surface area contributed by atoms with E-state index in [1.54, 1.807) is 11.8 Å². The van der Waals surface area contributed by atoms with Crippen LogP contribution >= 0.6 is 24.2 Å². The lowest BCUT2D eigenvalue weighted by Gasteiger charge is -2.11. The van der Waals surface area contributed by atoms with Crippen LogP contribution in [0.4, 0.5) is 0 Å². The van der Waals surface area contributed by atoms with E-state index in [-0.39, 0.29) is 18.4 Å². The first-order valence-corrected chi connectivity index (χ1v) is 8.73. The molecule has 3 nitrogen and oxygen atoms in total. The van der Waals surface area contributed by atoms with Crippen molar-refractivity contribution in [3.8, 4) is 0 Å². The van der Waals surface area contributed by atoms with Gasteiger partial charge in [-0.05, 0) is 44.3 Å². The van der Waals surface area contributed by atoms with Gasteiger partial charge in [-0.2, -0.15) is 0 Å². The molecule has 2 aromatic rings. The van der Waals surface area contributed by atoms with Gasteiger partial charge in [-0.15, -0.1) is 24.2 Å². The number of ether oxygens (including phenoxy) is 1. The Morgan fingerprint density at radius 3 is 2.42 bits per heavy atom. The number of hydrogen-bond acceptors (Lipinski definition) is 4. The van der Waals surface area contributed by atoms with Crippen molar-refractivity contribution in [3.05, 3.63) is 65.7 Å². The highest BCUT2D eigenvalue weighted by atomic mass is 35.5. The second-order valence-electron chi connectivity index (χ2n) is 5.55. The molecule has 5 heteroatoms. The molecule has 0 aromatic heterocycles. The number of nitrogens with zero attached hydrogens (tertiary/aromatic N) is 1. The molecular weight excluding hydrogens is 342 g/mol. The Morgan fingerprint density at radius 1 is 1.04 bits per heavy atom. The molecule has 0 bridgehead atoms. The van der Waals surface area contributed by atoms with Crippen molar-refractivity contribution in [2.45, 2.75) is 17.1 Å². The van der Waals surface area contributed by atoms with Gasteiger partial charge in [0.05, 0.1) is 12.2 Å². The number of halogens is 1. The summed E-state index contributed by atoms with van der Waals surface area (Å²) in [7, 11) is 4.02. The van der Waals surface area contributed by atoms with E-state index in [2.05, 4.69) is 17.0 Å². The fourth-order valence-corrected chi connectivity index (χ4v) is 3.07. The van der Waals surface area contributed by atoms with E-state index in [1.807, 2.05) is 56.6 Å². The Morgan fingerprint density at radius 2 is 1.71 bits per heavy atom. The molecule has 2 aromatic carbocycles. The number of carbonyl (C=O) groups excluding carboxylic acids is 1. The van der Waals surface area contributed by atoms with E-state index in [9.17, 15) is 4.79 Å². The number of rotatable bonds is 8. The maximum absolute atomic E-state index is 12.3. The minimum Gasteiger partial charge on any atom is -0.462 e. The first kappa shape index (κ1) is 20.6. The van der Waals surface area contributed by atoms with Crippen LogP contribution < -0.4 is 0 Å². The van der Waals surface area contributed by atoms with Gasteiger partial charge in [0.25, 0.3) is 0 Å². The van der Waals surface area contributed by atoms with Crippen LogP contribution in [0.5, 0.6) is 0 Å². The first-order chi connectivity index (χ1) is 11.2. The SMILES string of the molecule is CN(C)CCCOC(=O)c1ccccc1CSc1ccccc1.Cl. The number of carbonyl (C=O) groups is 1. The summed E-state index contributed by atoms with van der Waals surface area (Å²) in [6.07, 6.45) is 0.847. The molecule has 0 aliphatic rings. The molecule has 130 valence electrons. The summed E-state index contributed by atoms with van der Waals surface area (Å²) < 4.78 is 5.40. The molecule has 2 rings (SSSR count). The predicted molar refractivity (Wildman–Crippen MR) is 103 cm³/mol. The average molecular weight is 366 g/mol. The van der Waals surface area contributed by atoms with Crippen molar-refractivity contribution in [1.82, 2.24) is 4.90 Å². The monoisotopic (exact) mass is 365 g/mol. The van der Waals surface area contributed by atoms with Gasteiger partial charge >= 0.3 is 5.97 Å². The lowest BCUT2D eigenvalue weighted by molar-refractivity contribution is 0.0492. The van der Waals surface area contributed by atoms with Gasteiger partial charge in [0, 0.05) is 17.2 Å². The Labute approximate surface area is 154 Å². The maximum Gasteiger partial charge on any atom is 0.338 e. The van der Waals surface area contributed by atoms with Crippen molar-refractivity contribution < 1.29 is 9.53 Å². The number of esters is 1. The van der Waals surface area contributed by atoms with Gasteiger partial charge in [0.1, 0.15) is 0 Å². The van der Waals surface area contributed by atoms with Crippen LogP contribution in [0.3, 0.4) is 0 Å². The Bertz CT molecular complexity index is 620. The van der Waals surface area contributed by atoms with Crippen LogP contribution in [0.2, 0.25) is 0 Å². The summed E-state index contributed by atoms with van der Waals surface area (Å²) in [6, 6.07) is 17.9. The summed E-state index contributed by atoms with van der Waals surface area (Å²) >= 11 is 1.72. The first-order valence-electron chi connectivity index (χ1n) is 7.74. The highest BCUT2D eigenvalue weighted by Crippen LogP contribution is 2.24. The van der Waals surface area contributed by atoms with Crippen LogP contribution in [-0.4, -0.2) is 38.1 Å². The number of thioether (sulfide) groups is 1. The van der Waals surface area contributed by atoms with Crippen molar-refractivity contribution in [3.63, 3.8) is 0 Å². The van der Waals surface area contributed by atoms with Crippen molar-refractivity contribution >= 4 is 30.1 Å². The standard InChI is InChI=1S/C19H23NO2S.ClH/c1-20(2)13-8-14-22-19(21)18-12-7-6-9-16(18)15-23-17-10-4-3-5-11-17;/h3-7,9-12H,8,13-15H2,1-2H3;1H. The third kappa shape index (κ3) is 6.95. The zero-order valence-corrected chi connectivity index (χ0v) is 15.7. The number of hydrogen-bond donors (Lipinski definition) is 0. The molecule has 0 unspecified atom stereocenters. The van der Waals surface area contributed by atoms with Gasteiger partial charge in [-0.3, -0.25) is 0 Å². The lowest BCUT2D eigenvalue weighted by Crippen LogP contribution is -2.16. The molecule has 0 N–H and O–H groups in total. The van der Waals surface area contributed by atoms with Crippen LogP contribution in [0.25, 0.3) is 0 Å². The van der Waals surface area contributed by atoms with Gasteiger partial charge in [0.2, 0.25) is 0 Å². The maximum atomic E-state index is 12.3. The Hall–Kier alpha value is -1.49. The van der Waals surface area contributed by atoms with Crippen molar-refractivity contribution in [2.75, 3.05) is 27.2 Å². The summed E-state index contributed by atoms with van der Waals surface area (Å²) in [5, 5.41) is 0. The molecule has 0 saturated carbocycles. The second-order valence-corrected chi connectivity index (χ2v) is 6.60. The molecule has 0 saturated heterocycles. The van der Waals surface area contributed by atoms with Crippen LogP contribution in [0.1, 0.15) is 22.3 Å². The third-order valence-electron chi connectivity index (χ3n) is 3.36. The molecule has 0 aliphatic carbocycles. The smallest absolute Gasteiger partial charge is 0.338 e. The van der Waals surface area contributed by atoms with Gasteiger partial charge < -0.3 is 9.64 Å². The fraction of sp³-hybridized carbons (Fsp3) is 0.316. The Balaban J connectivity index is 0.00000288. The molecule has 24 heavy (non-hydrogen) atoms. The van der Waals surface area contributed by atoms with E-state index in [1.165, 1.54) is 4.90 Å². The minimum atomic E-state index is -0.229. The highest BCUT2D eigenvalue weighted by Gasteiger charge is 2.12. The van der Waals surface area contributed by atoms with E-state index >= 15 is 0 Å². The molecule has 0 spiro atoms. The minimum absolute atomic E-state index is 0. The molecule has 0 amide bonds. The van der Waals surface area contributed by atoms with Crippen molar-refractivity contribution in [2.24, 2.45) is 0 Å². The molecular formula is C19H24ClNO2S. The fourth-order valence-electron chi connectivity index (χ4n) is 2.15.